The molecular formula is C19H26N4O2S. The number of hydrogen-bond acceptors (Lipinski definition) is 5. The molecule has 1 N–H and O–H groups in total. The molecule has 1 heterocycles. The SMILES string of the molecule is C=CCn1c(S[C@@H](C)C(=O)NCC(C)C)nnc1-c1ccc(OC)cc1. The van der Waals surface area contributed by atoms with Gasteiger partial charge in [-0.25, -0.2) is 0 Å². The summed E-state index contributed by atoms with van der Waals surface area (Å²) >= 11 is 1.40. The quantitative estimate of drug-likeness (QED) is 0.538. The fraction of sp³-hybridized carbons (Fsp3) is 0.421. The normalized spacial score (nSPS) is 12.0. The molecule has 0 saturated carbocycles. The number of carbonyl (C=O) groups excluding carboxylic acids is 1. The Balaban J connectivity index is 2.19. The first-order chi connectivity index (χ1) is 12.5. The summed E-state index contributed by atoms with van der Waals surface area (Å²) in [5.74, 6) is 1.95. The molecule has 0 saturated heterocycles. The van der Waals surface area contributed by atoms with E-state index in [-0.39, 0.29) is 11.2 Å². The molecule has 0 aliphatic rings. The Morgan fingerprint density at radius 2 is 2.00 bits per heavy atom. The molecular weight excluding hydrogens is 348 g/mol. The van der Waals surface area contributed by atoms with Gasteiger partial charge < -0.3 is 10.1 Å². The molecule has 2 aromatic rings. The lowest BCUT2D eigenvalue weighted by molar-refractivity contribution is -0.120. The van der Waals surface area contributed by atoms with E-state index in [1.807, 2.05) is 35.8 Å². The van der Waals surface area contributed by atoms with E-state index < -0.39 is 0 Å². The van der Waals surface area contributed by atoms with Crippen molar-refractivity contribution in [3.8, 4) is 17.1 Å². The zero-order valence-electron chi connectivity index (χ0n) is 15.7. The average molecular weight is 375 g/mol. The first kappa shape index (κ1) is 20.0. The van der Waals surface area contributed by atoms with Crippen molar-refractivity contribution < 1.29 is 9.53 Å². The molecule has 0 aliphatic carbocycles. The van der Waals surface area contributed by atoms with E-state index in [1.165, 1.54) is 11.8 Å². The minimum atomic E-state index is -0.259. The van der Waals surface area contributed by atoms with E-state index in [9.17, 15) is 4.79 Å². The summed E-state index contributed by atoms with van der Waals surface area (Å²) in [4.78, 5) is 12.2. The number of nitrogens with zero attached hydrogens (tertiary/aromatic N) is 3. The summed E-state index contributed by atoms with van der Waals surface area (Å²) in [5.41, 5.74) is 0.934. The molecule has 7 heteroatoms. The number of aromatic nitrogens is 3. The van der Waals surface area contributed by atoms with Crippen LogP contribution in [0, 0.1) is 5.92 Å². The highest BCUT2D eigenvalue weighted by Crippen LogP contribution is 2.28. The molecule has 0 bridgehead atoms. The van der Waals surface area contributed by atoms with Crippen LogP contribution in [0.1, 0.15) is 20.8 Å². The second-order valence-electron chi connectivity index (χ2n) is 6.33. The number of hydrogen-bond donors (Lipinski definition) is 1. The fourth-order valence-corrected chi connectivity index (χ4v) is 3.17. The summed E-state index contributed by atoms with van der Waals surface area (Å²) in [5, 5.41) is 12.0. The van der Waals surface area contributed by atoms with Crippen molar-refractivity contribution in [1.29, 1.82) is 0 Å². The maximum Gasteiger partial charge on any atom is 0.233 e. The average Bonchev–Trinajstić information content (AvgIpc) is 3.02. The third-order valence-corrected chi connectivity index (χ3v) is 4.79. The van der Waals surface area contributed by atoms with Crippen molar-refractivity contribution in [2.75, 3.05) is 13.7 Å². The van der Waals surface area contributed by atoms with Crippen molar-refractivity contribution in [2.45, 2.75) is 37.7 Å². The smallest absolute Gasteiger partial charge is 0.233 e. The van der Waals surface area contributed by atoms with Crippen LogP contribution in [-0.4, -0.2) is 39.6 Å². The Kier molecular flexibility index (Phi) is 7.26. The van der Waals surface area contributed by atoms with Crippen LogP contribution in [0.15, 0.2) is 42.1 Å². The van der Waals surface area contributed by atoms with E-state index in [4.69, 9.17) is 4.74 Å². The van der Waals surface area contributed by atoms with Gasteiger partial charge >= 0.3 is 0 Å². The molecule has 1 amide bonds. The number of allylic oxidation sites excluding steroid dienone is 1. The minimum absolute atomic E-state index is 0.00264. The van der Waals surface area contributed by atoms with Gasteiger partial charge in [-0.3, -0.25) is 9.36 Å². The number of methoxy groups -OCH3 is 1. The lowest BCUT2D eigenvalue weighted by Gasteiger charge is -2.14. The number of rotatable bonds is 9. The van der Waals surface area contributed by atoms with Gasteiger partial charge in [0, 0.05) is 18.7 Å². The molecule has 0 radical (unpaired) electrons. The predicted octanol–water partition coefficient (Wildman–Crippen LogP) is 3.39. The van der Waals surface area contributed by atoms with Crippen molar-refractivity contribution >= 4 is 17.7 Å². The lowest BCUT2D eigenvalue weighted by Crippen LogP contribution is -2.33. The zero-order chi connectivity index (χ0) is 19.1. The number of carbonyl (C=O) groups is 1. The summed E-state index contributed by atoms with van der Waals surface area (Å²) in [6.45, 7) is 11.1. The Bertz CT molecular complexity index is 740. The lowest BCUT2D eigenvalue weighted by atomic mass is 10.2. The number of nitrogens with one attached hydrogen (secondary N) is 1. The molecule has 1 atom stereocenters. The van der Waals surface area contributed by atoms with Crippen LogP contribution in [0.3, 0.4) is 0 Å². The molecule has 1 aromatic carbocycles. The van der Waals surface area contributed by atoms with Gasteiger partial charge in [-0.05, 0) is 37.1 Å². The first-order valence-corrected chi connectivity index (χ1v) is 9.47. The van der Waals surface area contributed by atoms with Crippen LogP contribution in [-0.2, 0) is 11.3 Å². The van der Waals surface area contributed by atoms with Crippen LogP contribution in [0.4, 0.5) is 0 Å². The number of thioether (sulfide) groups is 1. The highest BCUT2D eigenvalue weighted by Gasteiger charge is 2.20. The van der Waals surface area contributed by atoms with E-state index in [2.05, 4.69) is 35.9 Å². The second-order valence-corrected chi connectivity index (χ2v) is 7.64. The van der Waals surface area contributed by atoms with Crippen molar-refractivity contribution in [2.24, 2.45) is 5.92 Å². The Hall–Kier alpha value is -2.28. The van der Waals surface area contributed by atoms with Gasteiger partial charge in [0.05, 0.1) is 12.4 Å². The molecule has 140 valence electrons. The van der Waals surface area contributed by atoms with Gasteiger partial charge in [0.15, 0.2) is 11.0 Å². The standard InChI is InChI=1S/C19H26N4O2S/c1-6-11-23-17(15-7-9-16(25-5)10-8-15)21-22-19(23)26-14(4)18(24)20-12-13(2)3/h6-10,13-14H,1,11-12H2,2-5H3,(H,20,24)/t14-/m0/s1. The maximum absolute atomic E-state index is 12.2. The molecule has 1 aromatic heterocycles. The van der Waals surface area contributed by atoms with Gasteiger partial charge in [0.1, 0.15) is 5.75 Å². The second kappa shape index (κ2) is 9.43. The summed E-state index contributed by atoms with van der Waals surface area (Å²) in [6.07, 6.45) is 1.80. The number of amides is 1. The largest absolute Gasteiger partial charge is 0.497 e. The van der Waals surface area contributed by atoms with Crippen molar-refractivity contribution in [3.63, 3.8) is 0 Å². The van der Waals surface area contributed by atoms with Crippen LogP contribution < -0.4 is 10.1 Å². The molecule has 0 unspecified atom stereocenters. The van der Waals surface area contributed by atoms with Gasteiger partial charge in [0.25, 0.3) is 0 Å². The monoisotopic (exact) mass is 374 g/mol. The highest BCUT2D eigenvalue weighted by molar-refractivity contribution is 8.00. The van der Waals surface area contributed by atoms with E-state index in [1.54, 1.807) is 13.2 Å². The summed E-state index contributed by atoms with van der Waals surface area (Å²) in [6, 6.07) is 7.65. The third kappa shape index (κ3) is 5.11. The molecule has 0 spiro atoms. The van der Waals surface area contributed by atoms with Gasteiger partial charge in [0.2, 0.25) is 5.91 Å². The topological polar surface area (TPSA) is 69.0 Å². The number of ether oxygens (including phenoxy) is 1. The third-order valence-electron chi connectivity index (χ3n) is 3.71. The van der Waals surface area contributed by atoms with E-state index >= 15 is 0 Å². The van der Waals surface area contributed by atoms with Gasteiger partial charge in [-0.1, -0.05) is 31.7 Å². The highest BCUT2D eigenvalue weighted by atomic mass is 32.2. The Morgan fingerprint density at radius 1 is 1.31 bits per heavy atom. The van der Waals surface area contributed by atoms with Gasteiger partial charge in [-0.2, -0.15) is 0 Å². The molecule has 6 nitrogen and oxygen atoms in total. The summed E-state index contributed by atoms with van der Waals surface area (Å²) < 4.78 is 7.16. The zero-order valence-corrected chi connectivity index (χ0v) is 16.5. The van der Waals surface area contributed by atoms with Gasteiger partial charge in [-0.15, -0.1) is 16.8 Å². The van der Waals surface area contributed by atoms with Crippen LogP contribution in [0.25, 0.3) is 11.4 Å². The van der Waals surface area contributed by atoms with E-state index in [0.29, 0.717) is 24.2 Å². The molecule has 0 fully saturated rings. The predicted molar refractivity (Wildman–Crippen MR) is 105 cm³/mol. The fourth-order valence-electron chi connectivity index (χ4n) is 2.28. The Labute approximate surface area is 159 Å². The van der Waals surface area contributed by atoms with Crippen LogP contribution in [0.5, 0.6) is 5.75 Å². The van der Waals surface area contributed by atoms with E-state index in [0.717, 1.165) is 17.1 Å². The van der Waals surface area contributed by atoms with Crippen molar-refractivity contribution in [1.82, 2.24) is 20.1 Å². The van der Waals surface area contributed by atoms with Crippen molar-refractivity contribution in [3.05, 3.63) is 36.9 Å². The molecule has 26 heavy (non-hydrogen) atoms. The molecule has 2 rings (SSSR count). The summed E-state index contributed by atoms with van der Waals surface area (Å²) in [7, 11) is 1.63. The Morgan fingerprint density at radius 3 is 2.58 bits per heavy atom. The maximum atomic E-state index is 12.2. The van der Waals surface area contributed by atoms with Crippen LogP contribution >= 0.6 is 11.8 Å². The van der Waals surface area contributed by atoms with Crippen LogP contribution in [0.2, 0.25) is 0 Å². The number of benzene rings is 1. The minimum Gasteiger partial charge on any atom is -0.497 e. The first-order valence-electron chi connectivity index (χ1n) is 8.59. The molecule has 0 aliphatic heterocycles.